The maximum absolute atomic E-state index is 13.0. The van der Waals surface area contributed by atoms with Crippen molar-refractivity contribution in [1.82, 2.24) is 14.5 Å². The van der Waals surface area contributed by atoms with Gasteiger partial charge in [-0.05, 0) is 42.0 Å². The van der Waals surface area contributed by atoms with Crippen LogP contribution < -0.4 is 9.30 Å². The molecular weight excluding hydrogens is 392 g/mol. The van der Waals surface area contributed by atoms with E-state index in [-0.39, 0.29) is 18.4 Å². The number of amides is 2. The molecule has 0 fully saturated rings. The Morgan fingerprint density at radius 2 is 1.61 bits per heavy atom. The quantitative estimate of drug-likeness (QED) is 0.373. The number of carbonyl (C=O) groups excluding carboxylic acids is 2. The number of imide groups is 1. The van der Waals surface area contributed by atoms with Crippen LogP contribution in [0.5, 0.6) is 5.75 Å². The van der Waals surface area contributed by atoms with E-state index in [9.17, 15) is 9.59 Å². The standard InChI is InChI=1S/C24H21N4O3/c1-26-20-8-7-17(31-2)13-21(20)27(14-16-9-11-25-12-10-16)22(26)15-28-23(29)18-5-3-4-6-19(18)24(28)30/h3-13H,14-15H2,1-2H3/q+1. The van der Waals surface area contributed by atoms with E-state index >= 15 is 0 Å². The first-order valence-electron chi connectivity index (χ1n) is 9.97. The van der Waals surface area contributed by atoms with E-state index in [0.717, 1.165) is 28.2 Å². The van der Waals surface area contributed by atoms with Crippen molar-refractivity contribution in [2.45, 2.75) is 13.1 Å². The third kappa shape index (κ3) is 3.06. The number of ether oxygens (including phenoxy) is 1. The third-order valence-corrected chi connectivity index (χ3v) is 5.80. The van der Waals surface area contributed by atoms with Gasteiger partial charge in [-0.1, -0.05) is 12.1 Å². The first-order chi connectivity index (χ1) is 15.1. The number of imidazole rings is 1. The van der Waals surface area contributed by atoms with Crippen molar-refractivity contribution in [2.24, 2.45) is 7.05 Å². The van der Waals surface area contributed by atoms with E-state index in [1.165, 1.54) is 4.90 Å². The summed E-state index contributed by atoms with van der Waals surface area (Å²) in [5, 5.41) is 0. The summed E-state index contributed by atoms with van der Waals surface area (Å²) in [4.78, 5) is 31.3. The molecule has 0 atom stereocenters. The highest BCUT2D eigenvalue weighted by Crippen LogP contribution is 2.26. The molecule has 1 aliphatic heterocycles. The predicted octanol–water partition coefficient (Wildman–Crippen LogP) is 2.71. The number of carbonyl (C=O) groups is 2. The molecule has 0 saturated carbocycles. The minimum atomic E-state index is -0.265. The van der Waals surface area contributed by atoms with Crippen LogP contribution in [-0.4, -0.2) is 33.4 Å². The van der Waals surface area contributed by atoms with Gasteiger partial charge in [-0.25, -0.2) is 9.13 Å². The zero-order valence-electron chi connectivity index (χ0n) is 17.3. The fourth-order valence-electron chi connectivity index (χ4n) is 4.15. The average molecular weight is 413 g/mol. The highest BCUT2D eigenvalue weighted by molar-refractivity contribution is 6.21. The summed E-state index contributed by atoms with van der Waals surface area (Å²) >= 11 is 0. The normalized spacial score (nSPS) is 13.2. The lowest BCUT2D eigenvalue weighted by Gasteiger charge is -2.13. The van der Waals surface area contributed by atoms with Crippen molar-refractivity contribution in [3.8, 4) is 5.75 Å². The molecule has 154 valence electrons. The number of rotatable bonds is 5. The average Bonchev–Trinajstić information content (AvgIpc) is 3.20. The van der Waals surface area contributed by atoms with Crippen molar-refractivity contribution in [3.05, 3.63) is 89.5 Å². The Hall–Kier alpha value is -4.00. The Morgan fingerprint density at radius 1 is 0.935 bits per heavy atom. The minimum Gasteiger partial charge on any atom is -0.497 e. The molecule has 0 radical (unpaired) electrons. The minimum absolute atomic E-state index is 0.172. The molecule has 7 heteroatoms. The SMILES string of the molecule is COc1ccc2c(c1)n(Cc1ccncc1)c(CN1C(=O)c3ccccc3C1=O)[n+]2C. The van der Waals surface area contributed by atoms with Gasteiger partial charge in [-0.15, -0.1) is 0 Å². The number of hydrogen-bond acceptors (Lipinski definition) is 4. The van der Waals surface area contributed by atoms with Crippen LogP contribution in [0, 0.1) is 0 Å². The maximum atomic E-state index is 13.0. The van der Waals surface area contributed by atoms with E-state index < -0.39 is 0 Å². The van der Waals surface area contributed by atoms with E-state index in [1.54, 1.807) is 43.8 Å². The number of methoxy groups -OCH3 is 1. The van der Waals surface area contributed by atoms with Crippen molar-refractivity contribution < 1.29 is 18.9 Å². The topological polar surface area (TPSA) is 68.3 Å². The predicted molar refractivity (Wildman–Crippen MR) is 114 cm³/mol. The largest absolute Gasteiger partial charge is 0.497 e. The number of fused-ring (bicyclic) bond motifs is 2. The second-order valence-electron chi connectivity index (χ2n) is 7.51. The van der Waals surface area contributed by atoms with Gasteiger partial charge >= 0.3 is 0 Å². The molecule has 0 bridgehead atoms. The fraction of sp³-hybridized carbons (Fsp3) is 0.167. The monoisotopic (exact) mass is 413 g/mol. The summed E-state index contributed by atoms with van der Waals surface area (Å²) in [5.41, 5.74) is 3.92. The molecular formula is C24H21N4O3+. The van der Waals surface area contributed by atoms with Crippen LogP contribution in [0.25, 0.3) is 11.0 Å². The van der Waals surface area contributed by atoms with Gasteiger partial charge in [0.25, 0.3) is 17.6 Å². The molecule has 0 spiro atoms. The summed E-state index contributed by atoms with van der Waals surface area (Å²) in [7, 11) is 3.59. The number of aromatic nitrogens is 3. The fourth-order valence-corrected chi connectivity index (χ4v) is 4.15. The molecule has 2 amide bonds. The van der Waals surface area contributed by atoms with Crippen LogP contribution in [0.4, 0.5) is 0 Å². The molecule has 0 saturated heterocycles. The summed E-state index contributed by atoms with van der Waals surface area (Å²) in [6.07, 6.45) is 3.51. The summed E-state index contributed by atoms with van der Waals surface area (Å²) in [6.45, 7) is 0.746. The van der Waals surface area contributed by atoms with Crippen LogP contribution in [-0.2, 0) is 20.1 Å². The molecule has 5 rings (SSSR count). The Bertz CT molecular complexity index is 1290. The first kappa shape index (κ1) is 19.0. The van der Waals surface area contributed by atoms with Crippen LogP contribution >= 0.6 is 0 Å². The molecule has 0 aliphatic carbocycles. The Balaban J connectivity index is 1.63. The lowest BCUT2D eigenvalue weighted by atomic mass is 10.1. The molecule has 1 aliphatic rings. The van der Waals surface area contributed by atoms with Crippen LogP contribution in [0.1, 0.15) is 32.1 Å². The third-order valence-electron chi connectivity index (χ3n) is 5.80. The van der Waals surface area contributed by atoms with Gasteiger partial charge in [0.05, 0.1) is 25.3 Å². The highest BCUT2D eigenvalue weighted by Gasteiger charge is 2.38. The van der Waals surface area contributed by atoms with Crippen LogP contribution in [0.2, 0.25) is 0 Å². The molecule has 2 aromatic heterocycles. The molecule has 4 aromatic rings. The molecule has 7 nitrogen and oxygen atoms in total. The first-order valence-corrected chi connectivity index (χ1v) is 9.97. The van der Waals surface area contributed by atoms with E-state index in [2.05, 4.69) is 9.55 Å². The van der Waals surface area contributed by atoms with Gasteiger partial charge in [0.1, 0.15) is 18.8 Å². The molecule has 0 N–H and O–H groups in total. The highest BCUT2D eigenvalue weighted by atomic mass is 16.5. The lowest BCUT2D eigenvalue weighted by Crippen LogP contribution is -2.39. The Morgan fingerprint density at radius 3 is 2.26 bits per heavy atom. The van der Waals surface area contributed by atoms with Crippen LogP contribution in [0.3, 0.4) is 0 Å². The van der Waals surface area contributed by atoms with Gasteiger partial charge in [0.2, 0.25) is 0 Å². The summed E-state index contributed by atoms with van der Waals surface area (Å²) in [6, 6.07) is 16.7. The zero-order valence-corrected chi connectivity index (χ0v) is 17.3. The summed E-state index contributed by atoms with van der Waals surface area (Å²) in [5.74, 6) is 1.06. The van der Waals surface area contributed by atoms with Gasteiger partial charge in [-0.3, -0.25) is 19.5 Å². The van der Waals surface area contributed by atoms with Gasteiger partial charge in [-0.2, -0.15) is 0 Å². The van der Waals surface area contributed by atoms with Gasteiger partial charge in [0, 0.05) is 18.5 Å². The number of pyridine rings is 1. The van der Waals surface area contributed by atoms with Crippen molar-refractivity contribution >= 4 is 22.8 Å². The Labute approximate surface area is 179 Å². The van der Waals surface area contributed by atoms with E-state index in [0.29, 0.717) is 17.7 Å². The lowest BCUT2D eigenvalue weighted by molar-refractivity contribution is -0.654. The summed E-state index contributed by atoms with van der Waals surface area (Å²) < 4.78 is 9.58. The Kier molecular flexibility index (Phi) is 4.51. The van der Waals surface area contributed by atoms with Gasteiger partial charge in [0.15, 0.2) is 11.0 Å². The van der Waals surface area contributed by atoms with E-state index in [4.69, 9.17) is 4.74 Å². The van der Waals surface area contributed by atoms with Crippen molar-refractivity contribution in [1.29, 1.82) is 0 Å². The second kappa shape index (κ2) is 7.36. The number of hydrogen-bond donors (Lipinski definition) is 0. The maximum Gasteiger partial charge on any atom is 0.278 e. The smallest absolute Gasteiger partial charge is 0.278 e. The molecule has 3 heterocycles. The van der Waals surface area contributed by atoms with Crippen molar-refractivity contribution in [3.63, 3.8) is 0 Å². The van der Waals surface area contributed by atoms with E-state index in [1.807, 2.05) is 41.9 Å². The zero-order chi connectivity index (χ0) is 21.5. The number of aryl methyl sites for hydroxylation is 1. The molecule has 31 heavy (non-hydrogen) atoms. The second-order valence-corrected chi connectivity index (χ2v) is 7.51. The van der Waals surface area contributed by atoms with Gasteiger partial charge < -0.3 is 4.74 Å². The van der Waals surface area contributed by atoms with Crippen molar-refractivity contribution in [2.75, 3.05) is 7.11 Å². The molecule has 2 aromatic carbocycles. The van der Waals surface area contributed by atoms with Crippen LogP contribution in [0.15, 0.2) is 67.0 Å². The number of benzene rings is 2. The molecule has 0 unspecified atom stereocenters. The number of nitrogens with zero attached hydrogens (tertiary/aromatic N) is 4.